The fraction of sp³-hybridized carbons (Fsp3) is 0.562. The maximum Gasteiger partial charge on any atom is 0.254 e. The lowest BCUT2D eigenvalue weighted by atomic mass is 10.1. The van der Waals surface area contributed by atoms with Crippen LogP contribution in [0.3, 0.4) is 0 Å². The van der Waals surface area contributed by atoms with Gasteiger partial charge in [0, 0.05) is 30.8 Å². The topological polar surface area (TPSA) is 64.0 Å². The van der Waals surface area contributed by atoms with E-state index < -0.39 is 0 Å². The Labute approximate surface area is 124 Å². The van der Waals surface area contributed by atoms with E-state index in [0.29, 0.717) is 11.6 Å². The van der Waals surface area contributed by atoms with E-state index in [1.165, 1.54) is 37.5 Å². The summed E-state index contributed by atoms with van der Waals surface area (Å²) in [4.78, 5) is 16.8. The van der Waals surface area contributed by atoms with Crippen LogP contribution in [0, 0.1) is 0 Å². The first-order valence-corrected chi connectivity index (χ1v) is 7.70. The number of aromatic hydroxyl groups is 2. The minimum absolute atomic E-state index is 0.0786. The summed E-state index contributed by atoms with van der Waals surface area (Å²) in [5, 5.41) is 19.0. The third kappa shape index (κ3) is 3.13. The molecule has 0 saturated carbocycles. The minimum Gasteiger partial charge on any atom is -0.508 e. The van der Waals surface area contributed by atoms with Crippen LogP contribution in [0.15, 0.2) is 18.2 Å². The van der Waals surface area contributed by atoms with Gasteiger partial charge >= 0.3 is 0 Å². The predicted octanol–water partition coefficient (Wildman–Crippen LogP) is 1.80. The van der Waals surface area contributed by atoms with Crippen LogP contribution in [0.4, 0.5) is 0 Å². The van der Waals surface area contributed by atoms with E-state index in [2.05, 4.69) is 4.90 Å². The predicted molar refractivity (Wildman–Crippen MR) is 79.5 cm³/mol. The van der Waals surface area contributed by atoms with Gasteiger partial charge in [-0.15, -0.1) is 0 Å². The monoisotopic (exact) mass is 290 g/mol. The smallest absolute Gasteiger partial charge is 0.254 e. The molecule has 2 saturated heterocycles. The number of carbonyl (C=O) groups excluding carboxylic acids is 1. The summed E-state index contributed by atoms with van der Waals surface area (Å²) in [6.07, 6.45) is 4.83. The first-order valence-electron chi connectivity index (χ1n) is 7.70. The highest BCUT2D eigenvalue weighted by atomic mass is 16.3. The first kappa shape index (κ1) is 14.2. The lowest BCUT2D eigenvalue weighted by Gasteiger charge is -2.32. The average Bonchev–Trinajstić information content (AvgIpc) is 2.96. The van der Waals surface area contributed by atoms with Gasteiger partial charge in [0.25, 0.3) is 5.91 Å². The second-order valence-electron chi connectivity index (χ2n) is 6.03. The molecule has 5 heteroatoms. The number of amides is 1. The summed E-state index contributed by atoms with van der Waals surface area (Å²) in [5.41, 5.74) is 0.354. The van der Waals surface area contributed by atoms with E-state index in [4.69, 9.17) is 0 Å². The molecule has 1 unspecified atom stereocenters. The molecule has 1 aromatic rings. The molecule has 1 aromatic carbocycles. The number of hydrogen-bond donors (Lipinski definition) is 2. The Morgan fingerprint density at radius 3 is 2.33 bits per heavy atom. The van der Waals surface area contributed by atoms with E-state index in [-0.39, 0.29) is 17.4 Å². The van der Waals surface area contributed by atoms with Crippen LogP contribution >= 0.6 is 0 Å². The van der Waals surface area contributed by atoms with Crippen molar-refractivity contribution in [3.8, 4) is 11.5 Å². The largest absolute Gasteiger partial charge is 0.508 e. The van der Waals surface area contributed by atoms with Crippen LogP contribution in [-0.2, 0) is 0 Å². The van der Waals surface area contributed by atoms with Gasteiger partial charge in [0.05, 0.1) is 0 Å². The lowest BCUT2D eigenvalue weighted by molar-refractivity contribution is 0.0770. The Balaban J connectivity index is 1.66. The molecule has 0 radical (unpaired) electrons. The second kappa shape index (κ2) is 5.93. The van der Waals surface area contributed by atoms with Crippen LogP contribution in [-0.4, -0.2) is 58.1 Å². The molecule has 2 fully saturated rings. The van der Waals surface area contributed by atoms with Crippen molar-refractivity contribution in [1.29, 1.82) is 0 Å². The van der Waals surface area contributed by atoms with Crippen LogP contribution in [0.2, 0.25) is 0 Å². The molecule has 0 bridgehead atoms. The summed E-state index contributed by atoms with van der Waals surface area (Å²) in [5.74, 6) is -0.268. The van der Waals surface area contributed by atoms with Crippen LogP contribution < -0.4 is 0 Å². The molecule has 1 atom stereocenters. The summed E-state index contributed by atoms with van der Waals surface area (Å²) >= 11 is 0. The van der Waals surface area contributed by atoms with Gasteiger partial charge in [-0.3, -0.25) is 9.69 Å². The first-order chi connectivity index (χ1) is 10.1. The molecule has 114 valence electrons. The number of piperidine rings is 1. The molecule has 3 rings (SSSR count). The van der Waals surface area contributed by atoms with E-state index in [1.54, 1.807) is 0 Å². The number of nitrogens with zero attached hydrogens (tertiary/aromatic N) is 2. The van der Waals surface area contributed by atoms with Gasteiger partial charge in [-0.1, -0.05) is 6.42 Å². The van der Waals surface area contributed by atoms with Crippen molar-refractivity contribution < 1.29 is 15.0 Å². The highest BCUT2D eigenvalue weighted by molar-refractivity contribution is 5.95. The van der Waals surface area contributed by atoms with Crippen molar-refractivity contribution in [3.63, 3.8) is 0 Å². The molecule has 0 aromatic heterocycles. The normalized spacial score (nSPS) is 23.4. The number of phenols is 2. The van der Waals surface area contributed by atoms with Crippen LogP contribution in [0.25, 0.3) is 0 Å². The fourth-order valence-corrected chi connectivity index (χ4v) is 3.41. The fourth-order valence-electron chi connectivity index (χ4n) is 3.41. The van der Waals surface area contributed by atoms with Crippen molar-refractivity contribution in [2.45, 2.75) is 31.7 Å². The van der Waals surface area contributed by atoms with Gasteiger partial charge in [-0.05, 0) is 44.5 Å². The number of phenolic OH excluding ortho intramolecular Hbond substituents is 2. The Bertz CT molecular complexity index is 506. The number of rotatable bonds is 2. The zero-order valence-corrected chi connectivity index (χ0v) is 12.2. The third-order valence-corrected chi connectivity index (χ3v) is 4.51. The molecule has 21 heavy (non-hydrogen) atoms. The van der Waals surface area contributed by atoms with E-state index in [1.807, 2.05) is 4.90 Å². The number of benzene rings is 1. The van der Waals surface area contributed by atoms with Crippen molar-refractivity contribution >= 4 is 5.91 Å². The highest BCUT2D eigenvalue weighted by Crippen LogP contribution is 2.25. The Morgan fingerprint density at radius 2 is 1.67 bits per heavy atom. The van der Waals surface area contributed by atoms with E-state index in [9.17, 15) is 15.0 Å². The quantitative estimate of drug-likeness (QED) is 0.872. The number of likely N-dealkylation sites (tertiary alicyclic amines) is 2. The van der Waals surface area contributed by atoms with E-state index >= 15 is 0 Å². The van der Waals surface area contributed by atoms with Crippen molar-refractivity contribution in [2.24, 2.45) is 0 Å². The molecule has 5 nitrogen and oxygen atoms in total. The zero-order valence-electron chi connectivity index (χ0n) is 12.2. The summed E-state index contributed by atoms with van der Waals surface area (Å²) < 4.78 is 0. The molecule has 0 aliphatic carbocycles. The van der Waals surface area contributed by atoms with Crippen LogP contribution in [0.5, 0.6) is 11.5 Å². The van der Waals surface area contributed by atoms with Crippen molar-refractivity contribution in [3.05, 3.63) is 23.8 Å². The second-order valence-corrected chi connectivity index (χ2v) is 6.03. The zero-order chi connectivity index (χ0) is 14.8. The maximum atomic E-state index is 12.5. The Kier molecular flexibility index (Phi) is 4.01. The highest BCUT2D eigenvalue weighted by Gasteiger charge is 2.31. The SMILES string of the molecule is O=C(c1cc(O)cc(O)c1)N1CCC(N2CCCCC2)C1. The Morgan fingerprint density at radius 1 is 1.00 bits per heavy atom. The van der Waals surface area contributed by atoms with Crippen LogP contribution in [0.1, 0.15) is 36.0 Å². The molecule has 2 heterocycles. The summed E-state index contributed by atoms with van der Waals surface area (Å²) in [7, 11) is 0. The molecule has 1 amide bonds. The molecule has 2 N–H and O–H groups in total. The minimum atomic E-state index is -0.110. The Hall–Kier alpha value is -1.75. The molecular formula is C16H22N2O3. The number of hydrogen-bond acceptors (Lipinski definition) is 4. The van der Waals surface area contributed by atoms with Gasteiger partial charge in [0.15, 0.2) is 0 Å². The van der Waals surface area contributed by atoms with Gasteiger partial charge in [0.1, 0.15) is 11.5 Å². The summed E-state index contributed by atoms with van der Waals surface area (Å²) in [6.45, 7) is 3.77. The molecule has 0 spiro atoms. The molecule has 2 aliphatic heterocycles. The van der Waals surface area contributed by atoms with Crippen molar-refractivity contribution in [1.82, 2.24) is 9.80 Å². The average molecular weight is 290 g/mol. The third-order valence-electron chi connectivity index (χ3n) is 4.51. The summed E-state index contributed by atoms with van der Waals surface area (Å²) in [6, 6.07) is 4.52. The van der Waals surface area contributed by atoms with Gasteiger partial charge in [-0.2, -0.15) is 0 Å². The van der Waals surface area contributed by atoms with Gasteiger partial charge in [-0.25, -0.2) is 0 Å². The van der Waals surface area contributed by atoms with Crippen molar-refractivity contribution in [2.75, 3.05) is 26.2 Å². The maximum absolute atomic E-state index is 12.5. The number of carbonyl (C=O) groups is 1. The van der Waals surface area contributed by atoms with Gasteiger partial charge in [0.2, 0.25) is 0 Å². The molecular weight excluding hydrogens is 268 g/mol. The molecule has 2 aliphatic rings. The lowest BCUT2D eigenvalue weighted by Crippen LogP contribution is -2.41. The standard InChI is InChI=1S/C16H22N2O3/c19-14-8-12(9-15(20)10-14)16(21)18-7-4-13(11-18)17-5-2-1-3-6-17/h8-10,13,19-20H,1-7,11H2. The van der Waals surface area contributed by atoms with Gasteiger partial charge < -0.3 is 15.1 Å². The van der Waals surface area contributed by atoms with E-state index in [0.717, 1.165) is 32.6 Å².